The number of pyridine rings is 1. The van der Waals surface area contributed by atoms with E-state index in [2.05, 4.69) is 22.3 Å². The van der Waals surface area contributed by atoms with Gasteiger partial charge < -0.3 is 5.32 Å². The Morgan fingerprint density at radius 2 is 2.25 bits per heavy atom. The van der Waals surface area contributed by atoms with Crippen LogP contribution in [0.5, 0.6) is 0 Å². The molecule has 2 heterocycles. The molecular formula is C15H21FN4. The van der Waals surface area contributed by atoms with Crippen molar-refractivity contribution in [1.82, 2.24) is 20.1 Å². The van der Waals surface area contributed by atoms with Gasteiger partial charge in [0.05, 0.1) is 17.9 Å². The summed E-state index contributed by atoms with van der Waals surface area (Å²) in [6.45, 7) is 5.81. The van der Waals surface area contributed by atoms with Crippen molar-refractivity contribution in [2.24, 2.45) is 0 Å². The Bertz CT molecular complexity index is 538. The minimum absolute atomic E-state index is 0.120. The monoisotopic (exact) mass is 276 g/mol. The highest BCUT2D eigenvalue weighted by molar-refractivity contribution is 5.16. The Morgan fingerprint density at radius 1 is 1.40 bits per heavy atom. The normalized spacial score (nSPS) is 12.6. The van der Waals surface area contributed by atoms with Crippen molar-refractivity contribution >= 4 is 0 Å². The number of rotatable bonds is 7. The fourth-order valence-corrected chi connectivity index (χ4v) is 2.16. The second-order valence-electron chi connectivity index (χ2n) is 4.79. The van der Waals surface area contributed by atoms with Gasteiger partial charge >= 0.3 is 0 Å². The van der Waals surface area contributed by atoms with E-state index >= 15 is 0 Å². The number of aryl methyl sites for hydroxylation is 1. The molecule has 4 nitrogen and oxygen atoms in total. The summed E-state index contributed by atoms with van der Waals surface area (Å²) in [6, 6.07) is 2.95. The zero-order valence-electron chi connectivity index (χ0n) is 12.0. The highest BCUT2D eigenvalue weighted by Crippen LogP contribution is 2.19. The molecule has 1 atom stereocenters. The summed E-state index contributed by atoms with van der Waals surface area (Å²) in [5.41, 5.74) is 1.57. The van der Waals surface area contributed by atoms with E-state index in [4.69, 9.17) is 0 Å². The summed E-state index contributed by atoms with van der Waals surface area (Å²) in [5.74, 6) is -0.260. The summed E-state index contributed by atoms with van der Waals surface area (Å²) in [5, 5.41) is 7.62. The van der Waals surface area contributed by atoms with Crippen LogP contribution in [0.4, 0.5) is 4.39 Å². The van der Waals surface area contributed by atoms with E-state index in [9.17, 15) is 4.39 Å². The van der Waals surface area contributed by atoms with Crippen LogP contribution in [-0.2, 0) is 13.0 Å². The molecule has 0 radical (unpaired) electrons. The van der Waals surface area contributed by atoms with E-state index in [0.29, 0.717) is 12.1 Å². The Hall–Kier alpha value is -1.75. The number of hydrogen-bond acceptors (Lipinski definition) is 3. The van der Waals surface area contributed by atoms with Gasteiger partial charge in [0.1, 0.15) is 5.82 Å². The Labute approximate surface area is 119 Å². The summed E-state index contributed by atoms with van der Waals surface area (Å²) < 4.78 is 15.8. The zero-order chi connectivity index (χ0) is 14.4. The van der Waals surface area contributed by atoms with Gasteiger partial charge in [0, 0.05) is 18.9 Å². The maximum Gasteiger partial charge on any atom is 0.146 e. The van der Waals surface area contributed by atoms with Crippen LogP contribution in [0.2, 0.25) is 0 Å². The van der Waals surface area contributed by atoms with Crippen LogP contribution >= 0.6 is 0 Å². The van der Waals surface area contributed by atoms with Crippen LogP contribution < -0.4 is 5.32 Å². The molecule has 0 fully saturated rings. The molecule has 108 valence electrons. The SMILES string of the molecule is CCCNC(Cc1cnn(CC)c1)c1ncccc1F. The first-order valence-corrected chi connectivity index (χ1v) is 7.09. The largest absolute Gasteiger partial charge is 0.308 e. The molecule has 1 unspecified atom stereocenters. The maximum atomic E-state index is 13.9. The summed E-state index contributed by atoms with van der Waals surface area (Å²) in [4.78, 5) is 4.19. The highest BCUT2D eigenvalue weighted by Gasteiger charge is 2.17. The van der Waals surface area contributed by atoms with Crippen molar-refractivity contribution in [2.75, 3.05) is 6.54 Å². The molecule has 0 amide bonds. The Morgan fingerprint density at radius 3 is 2.90 bits per heavy atom. The third-order valence-corrected chi connectivity index (χ3v) is 3.21. The third kappa shape index (κ3) is 3.63. The van der Waals surface area contributed by atoms with Crippen LogP contribution in [0.25, 0.3) is 0 Å². The third-order valence-electron chi connectivity index (χ3n) is 3.21. The number of hydrogen-bond donors (Lipinski definition) is 1. The van der Waals surface area contributed by atoms with E-state index in [1.807, 2.05) is 24.0 Å². The molecule has 2 aromatic rings. The summed E-state index contributed by atoms with van der Waals surface area (Å²) >= 11 is 0. The molecule has 1 N–H and O–H groups in total. The Balaban J connectivity index is 2.17. The minimum Gasteiger partial charge on any atom is -0.308 e. The van der Waals surface area contributed by atoms with E-state index in [1.165, 1.54) is 6.07 Å². The average Bonchev–Trinajstić information content (AvgIpc) is 2.92. The first-order valence-electron chi connectivity index (χ1n) is 7.09. The van der Waals surface area contributed by atoms with Gasteiger partial charge in [0.2, 0.25) is 0 Å². The maximum absolute atomic E-state index is 13.9. The zero-order valence-corrected chi connectivity index (χ0v) is 12.0. The molecule has 5 heteroatoms. The van der Waals surface area contributed by atoms with Crippen LogP contribution in [0.1, 0.15) is 37.6 Å². The average molecular weight is 276 g/mol. The predicted molar refractivity (Wildman–Crippen MR) is 76.8 cm³/mol. The van der Waals surface area contributed by atoms with E-state index in [0.717, 1.165) is 25.1 Å². The number of nitrogens with one attached hydrogen (secondary N) is 1. The van der Waals surface area contributed by atoms with Gasteiger partial charge in [-0.15, -0.1) is 0 Å². The quantitative estimate of drug-likeness (QED) is 0.845. The molecule has 0 aliphatic rings. The lowest BCUT2D eigenvalue weighted by Gasteiger charge is -2.17. The molecule has 0 bridgehead atoms. The van der Waals surface area contributed by atoms with E-state index in [1.54, 1.807) is 12.3 Å². The number of aromatic nitrogens is 3. The lowest BCUT2D eigenvalue weighted by Crippen LogP contribution is -2.25. The smallest absolute Gasteiger partial charge is 0.146 e. The van der Waals surface area contributed by atoms with Gasteiger partial charge in [-0.1, -0.05) is 6.92 Å². The van der Waals surface area contributed by atoms with Gasteiger partial charge in [-0.2, -0.15) is 5.10 Å². The van der Waals surface area contributed by atoms with Crippen LogP contribution in [-0.4, -0.2) is 21.3 Å². The molecule has 0 saturated heterocycles. The van der Waals surface area contributed by atoms with Gasteiger partial charge in [0.15, 0.2) is 0 Å². The van der Waals surface area contributed by atoms with Gasteiger partial charge in [-0.25, -0.2) is 4.39 Å². The lowest BCUT2D eigenvalue weighted by molar-refractivity contribution is 0.482. The lowest BCUT2D eigenvalue weighted by atomic mass is 10.0. The Kier molecular flexibility index (Phi) is 5.24. The predicted octanol–water partition coefficient (Wildman–Crippen LogP) is 2.72. The molecule has 0 aliphatic heterocycles. The van der Waals surface area contributed by atoms with Crippen molar-refractivity contribution in [2.45, 2.75) is 39.3 Å². The second kappa shape index (κ2) is 7.14. The minimum atomic E-state index is -0.260. The van der Waals surface area contributed by atoms with E-state index < -0.39 is 0 Å². The van der Waals surface area contributed by atoms with Gasteiger partial charge in [0.25, 0.3) is 0 Å². The molecule has 2 rings (SSSR count). The van der Waals surface area contributed by atoms with Crippen molar-refractivity contribution in [3.05, 3.63) is 47.8 Å². The van der Waals surface area contributed by atoms with Crippen LogP contribution in [0.15, 0.2) is 30.7 Å². The second-order valence-corrected chi connectivity index (χ2v) is 4.79. The van der Waals surface area contributed by atoms with Crippen molar-refractivity contribution in [3.63, 3.8) is 0 Å². The molecule has 0 spiro atoms. The summed E-state index contributed by atoms with van der Waals surface area (Å²) in [6.07, 6.45) is 7.16. The first kappa shape index (κ1) is 14.7. The first-order chi connectivity index (χ1) is 9.74. The number of halogens is 1. The molecule has 0 aromatic carbocycles. The molecule has 2 aromatic heterocycles. The topological polar surface area (TPSA) is 42.7 Å². The van der Waals surface area contributed by atoms with Crippen molar-refractivity contribution in [1.29, 1.82) is 0 Å². The van der Waals surface area contributed by atoms with Crippen molar-refractivity contribution < 1.29 is 4.39 Å². The van der Waals surface area contributed by atoms with Crippen LogP contribution in [0.3, 0.4) is 0 Å². The molecular weight excluding hydrogens is 255 g/mol. The van der Waals surface area contributed by atoms with Gasteiger partial charge in [-0.3, -0.25) is 9.67 Å². The fraction of sp³-hybridized carbons (Fsp3) is 0.467. The number of nitrogens with zero attached hydrogens (tertiary/aromatic N) is 3. The molecule has 20 heavy (non-hydrogen) atoms. The van der Waals surface area contributed by atoms with Crippen molar-refractivity contribution in [3.8, 4) is 0 Å². The highest BCUT2D eigenvalue weighted by atomic mass is 19.1. The molecule has 0 saturated carbocycles. The van der Waals surface area contributed by atoms with Gasteiger partial charge in [-0.05, 0) is 44.0 Å². The van der Waals surface area contributed by atoms with E-state index in [-0.39, 0.29) is 11.9 Å². The fourth-order valence-electron chi connectivity index (χ4n) is 2.16. The van der Waals surface area contributed by atoms with Crippen LogP contribution in [0, 0.1) is 5.82 Å². The summed E-state index contributed by atoms with van der Waals surface area (Å²) in [7, 11) is 0. The standard InChI is InChI=1S/C15H21FN4/c1-3-7-17-14(15-13(16)6-5-8-18-15)9-12-10-19-20(4-2)11-12/h5-6,8,10-11,14,17H,3-4,7,9H2,1-2H3. The molecule has 0 aliphatic carbocycles.